The third-order valence-corrected chi connectivity index (χ3v) is 3.91. The lowest BCUT2D eigenvalue weighted by Crippen LogP contribution is -2.09. The number of rotatable bonds is 14. The van der Waals surface area contributed by atoms with Crippen LogP contribution in [0.4, 0.5) is 0 Å². The van der Waals surface area contributed by atoms with Crippen molar-refractivity contribution >= 4 is 22.9 Å². The van der Waals surface area contributed by atoms with Gasteiger partial charge in [0.2, 0.25) is 5.91 Å². The van der Waals surface area contributed by atoms with E-state index in [9.17, 15) is 4.79 Å². The Bertz CT molecular complexity index is 223. The third kappa shape index (κ3) is 34.3. The summed E-state index contributed by atoms with van der Waals surface area (Å²) >= 11 is 0. The highest BCUT2D eigenvalue weighted by molar-refractivity contribution is 8.93. The van der Waals surface area contributed by atoms with Crippen LogP contribution in [0.1, 0.15) is 97.3 Å². The zero-order valence-electron chi connectivity index (χ0n) is 16.2. The number of amides is 1. The Kier molecular flexibility index (Phi) is 29.2. The molecular weight excluding hydrogens is 352 g/mol. The van der Waals surface area contributed by atoms with Crippen LogP contribution in [0, 0.1) is 0 Å². The summed E-state index contributed by atoms with van der Waals surface area (Å²) < 4.78 is 0. The predicted octanol–water partition coefficient (Wildman–Crippen LogP) is 5.71. The smallest absolute Gasteiger partial charge is 0.217 e. The van der Waals surface area contributed by atoms with Crippen molar-refractivity contribution in [1.82, 2.24) is 4.90 Å². The largest absolute Gasteiger partial charge is 0.370 e. The van der Waals surface area contributed by atoms with Crippen LogP contribution in [-0.4, -0.2) is 31.4 Å². The van der Waals surface area contributed by atoms with Crippen molar-refractivity contribution in [2.24, 2.45) is 5.73 Å². The van der Waals surface area contributed by atoms with Crippen molar-refractivity contribution in [2.75, 3.05) is 20.6 Å². The van der Waals surface area contributed by atoms with Gasteiger partial charge in [-0.3, -0.25) is 4.79 Å². The molecule has 0 heterocycles. The van der Waals surface area contributed by atoms with Crippen LogP contribution in [0.15, 0.2) is 0 Å². The molecule has 142 valence electrons. The third-order valence-electron chi connectivity index (χ3n) is 3.91. The van der Waals surface area contributed by atoms with Gasteiger partial charge in [0.05, 0.1) is 0 Å². The quantitative estimate of drug-likeness (QED) is 0.383. The molecular formula is C19H43BrN2O. The molecule has 0 aliphatic rings. The number of carbonyl (C=O) groups excluding carboxylic acids is 1. The van der Waals surface area contributed by atoms with Crippen molar-refractivity contribution in [3.63, 3.8) is 0 Å². The van der Waals surface area contributed by atoms with Gasteiger partial charge in [0, 0.05) is 6.42 Å². The SMILES string of the molecule is Br.CCCCCCCCCCCCCCC(N)=O.CCN(C)C. The van der Waals surface area contributed by atoms with Crippen molar-refractivity contribution < 1.29 is 4.79 Å². The molecule has 0 spiro atoms. The maximum atomic E-state index is 10.5. The number of carbonyl (C=O) groups is 1. The van der Waals surface area contributed by atoms with E-state index in [0.717, 1.165) is 13.0 Å². The molecule has 0 aromatic heterocycles. The van der Waals surface area contributed by atoms with Crippen LogP contribution in [-0.2, 0) is 4.79 Å². The van der Waals surface area contributed by atoms with Gasteiger partial charge in [0.15, 0.2) is 0 Å². The van der Waals surface area contributed by atoms with Gasteiger partial charge in [0.25, 0.3) is 0 Å². The first-order valence-electron chi connectivity index (χ1n) is 9.47. The first-order valence-corrected chi connectivity index (χ1v) is 9.47. The monoisotopic (exact) mass is 394 g/mol. The van der Waals surface area contributed by atoms with E-state index >= 15 is 0 Å². The fourth-order valence-electron chi connectivity index (χ4n) is 2.14. The van der Waals surface area contributed by atoms with Gasteiger partial charge in [-0.05, 0) is 27.1 Å². The van der Waals surface area contributed by atoms with E-state index in [0.29, 0.717) is 6.42 Å². The molecule has 0 fully saturated rings. The molecule has 0 saturated heterocycles. The molecule has 0 bridgehead atoms. The summed E-state index contributed by atoms with van der Waals surface area (Å²) in [6.45, 7) is 5.53. The van der Waals surface area contributed by atoms with Crippen molar-refractivity contribution in [1.29, 1.82) is 0 Å². The van der Waals surface area contributed by atoms with Gasteiger partial charge in [0.1, 0.15) is 0 Å². The minimum atomic E-state index is -0.155. The second kappa shape index (κ2) is 24.2. The molecule has 4 heteroatoms. The van der Waals surface area contributed by atoms with Gasteiger partial charge in [-0.1, -0.05) is 84.5 Å². The summed E-state index contributed by atoms with van der Waals surface area (Å²) in [4.78, 5) is 12.6. The molecule has 0 aliphatic heterocycles. The molecule has 0 aliphatic carbocycles. The van der Waals surface area contributed by atoms with E-state index in [1.54, 1.807) is 0 Å². The normalized spacial score (nSPS) is 9.96. The van der Waals surface area contributed by atoms with Gasteiger partial charge in [-0.15, -0.1) is 17.0 Å². The zero-order valence-corrected chi connectivity index (χ0v) is 18.0. The van der Waals surface area contributed by atoms with E-state index in [1.165, 1.54) is 70.6 Å². The molecule has 0 saturated carbocycles. The van der Waals surface area contributed by atoms with Crippen molar-refractivity contribution in [2.45, 2.75) is 97.3 Å². The number of hydrogen-bond donors (Lipinski definition) is 1. The number of halogens is 1. The summed E-state index contributed by atoms with van der Waals surface area (Å²) in [5.74, 6) is -0.155. The van der Waals surface area contributed by atoms with E-state index < -0.39 is 0 Å². The predicted molar refractivity (Wildman–Crippen MR) is 109 cm³/mol. The molecule has 0 aromatic rings. The van der Waals surface area contributed by atoms with E-state index in [-0.39, 0.29) is 22.9 Å². The van der Waals surface area contributed by atoms with Crippen LogP contribution in [0.25, 0.3) is 0 Å². The Morgan fingerprint density at radius 3 is 1.30 bits per heavy atom. The van der Waals surface area contributed by atoms with Gasteiger partial charge in [-0.2, -0.15) is 0 Å². The van der Waals surface area contributed by atoms with Gasteiger partial charge in [-0.25, -0.2) is 0 Å². The van der Waals surface area contributed by atoms with Gasteiger partial charge >= 0.3 is 0 Å². The van der Waals surface area contributed by atoms with Crippen LogP contribution >= 0.6 is 17.0 Å². The highest BCUT2D eigenvalue weighted by atomic mass is 79.9. The Morgan fingerprint density at radius 2 is 1.04 bits per heavy atom. The molecule has 0 radical (unpaired) electrons. The number of nitrogens with two attached hydrogens (primary N) is 1. The highest BCUT2D eigenvalue weighted by Gasteiger charge is 1.95. The summed E-state index contributed by atoms with van der Waals surface area (Å²) in [6, 6.07) is 0. The Hall–Kier alpha value is -0.0900. The zero-order chi connectivity index (χ0) is 17.1. The average molecular weight is 395 g/mol. The highest BCUT2D eigenvalue weighted by Crippen LogP contribution is 2.12. The van der Waals surface area contributed by atoms with Crippen LogP contribution < -0.4 is 5.73 Å². The lowest BCUT2D eigenvalue weighted by Gasteiger charge is -2.02. The molecule has 0 rings (SSSR count). The van der Waals surface area contributed by atoms with E-state index in [1.807, 2.05) is 0 Å². The van der Waals surface area contributed by atoms with E-state index in [4.69, 9.17) is 5.73 Å². The minimum Gasteiger partial charge on any atom is -0.370 e. The maximum Gasteiger partial charge on any atom is 0.217 e. The Labute approximate surface area is 156 Å². The Morgan fingerprint density at radius 1 is 0.739 bits per heavy atom. The second-order valence-electron chi connectivity index (χ2n) is 6.50. The average Bonchev–Trinajstić information content (AvgIpc) is 2.48. The maximum absolute atomic E-state index is 10.5. The Balaban J connectivity index is -0.000000578. The van der Waals surface area contributed by atoms with E-state index in [2.05, 4.69) is 32.8 Å². The summed E-state index contributed by atoms with van der Waals surface area (Å²) in [5.41, 5.74) is 5.08. The van der Waals surface area contributed by atoms with Crippen molar-refractivity contribution in [3.8, 4) is 0 Å². The number of primary amides is 1. The molecule has 0 atom stereocenters. The minimum absolute atomic E-state index is 0. The fourth-order valence-corrected chi connectivity index (χ4v) is 2.14. The first-order chi connectivity index (χ1) is 10.5. The topological polar surface area (TPSA) is 46.3 Å². The summed E-state index contributed by atoms with van der Waals surface area (Å²) in [5, 5.41) is 0. The van der Waals surface area contributed by atoms with Crippen LogP contribution in [0.3, 0.4) is 0 Å². The lowest BCUT2D eigenvalue weighted by molar-refractivity contribution is -0.118. The lowest BCUT2D eigenvalue weighted by atomic mass is 10.0. The number of unbranched alkanes of at least 4 members (excludes halogenated alkanes) is 11. The molecule has 1 amide bonds. The summed E-state index contributed by atoms with van der Waals surface area (Å²) in [6.07, 6.45) is 16.5. The molecule has 23 heavy (non-hydrogen) atoms. The first kappa shape index (κ1) is 27.7. The second-order valence-corrected chi connectivity index (χ2v) is 6.50. The molecule has 0 unspecified atom stereocenters. The van der Waals surface area contributed by atoms with Gasteiger partial charge < -0.3 is 10.6 Å². The number of hydrogen-bond acceptors (Lipinski definition) is 2. The number of nitrogens with zero attached hydrogens (tertiary/aromatic N) is 1. The van der Waals surface area contributed by atoms with Crippen LogP contribution in [0.5, 0.6) is 0 Å². The van der Waals surface area contributed by atoms with Crippen LogP contribution in [0.2, 0.25) is 0 Å². The molecule has 0 aromatic carbocycles. The molecule has 2 N–H and O–H groups in total. The standard InChI is InChI=1S/C15H31NO.C4H11N.BrH/c1-2-3-4-5-6-7-8-9-10-11-12-13-14-15(16)17;1-4-5(2)3;/h2-14H2,1H3,(H2,16,17);4H2,1-3H3;1H. The fraction of sp³-hybridized carbons (Fsp3) is 0.947. The van der Waals surface area contributed by atoms with Crippen molar-refractivity contribution in [3.05, 3.63) is 0 Å². The molecule has 3 nitrogen and oxygen atoms in total. The summed E-state index contributed by atoms with van der Waals surface area (Å²) in [7, 11) is 4.11.